The number of ether oxygens (including phenoxy) is 2. The first-order valence-corrected chi connectivity index (χ1v) is 11.6. The molecule has 1 aromatic heterocycles. The summed E-state index contributed by atoms with van der Waals surface area (Å²) in [5.41, 5.74) is 5.91. The molecule has 0 spiro atoms. The molecule has 32 heavy (non-hydrogen) atoms. The van der Waals surface area contributed by atoms with Crippen molar-refractivity contribution in [3.63, 3.8) is 0 Å². The van der Waals surface area contributed by atoms with Gasteiger partial charge in [0.15, 0.2) is 5.13 Å². The molecule has 2 aliphatic heterocycles. The number of thioether (sulfide) groups is 1. The summed E-state index contributed by atoms with van der Waals surface area (Å²) in [6, 6.07) is -0.781. The molecule has 10 nitrogen and oxygen atoms in total. The fourth-order valence-electron chi connectivity index (χ4n) is 3.00. The van der Waals surface area contributed by atoms with Crippen molar-refractivity contribution in [3.05, 3.63) is 35.0 Å². The van der Waals surface area contributed by atoms with Crippen molar-refractivity contribution in [2.45, 2.75) is 38.6 Å². The van der Waals surface area contributed by atoms with Crippen LogP contribution in [0.15, 0.2) is 29.3 Å². The second kappa shape index (κ2) is 9.33. The van der Waals surface area contributed by atoms with Gasteiger partial charge in [0.1, 0.15) is 17.1 Å². The molecule has 2 atom stereocenters. The largest absolute Gasteiger partial charge is 0.427 e. The molecule has 0 bridgehead atoms. The van der Waals surface area contributed by atoms with E-state index in [2.05, 4.69) is 16.9 Å². The molecular weight excluding hydrogens is 456 g/mol. The molecule has 1 saturated heterocycles. The van der Waals surface area contributed by atoms with Gasteiger partial charge < -0.3 is 20.5 Å². The Balaban J connectivity index is 1.63. The molecule has 0 aliphatic carbocycles. The minimum Gasteiger partial charge on any atom is -0.427 e. The van der Waals surface area contributed by atoms with Gasteiger partial charge in [0.05, 0.1) is 17.5 Å². The van der Waals surface area contributed by atoms with Crippen LogP contribution in [0.4, 0.5) is 5.13 Å². The van der Waals surface area contributed by atoms with Gasteiger partial charge in [-0.2, -0.15) is 0 Å². The number of hydrogen-bond donors (Lipinski definition) is 2. The van der Waals surface area contributed by atoms with E-state index in [4.69, 9.17) is 15.2 Å². The molecule has 172 valence electrons. The number of rotatable bonds is 7. The molecule has 1 aromatic rings. The van der Waals surface area contributed by atoms with Gasteiger partial charge in [0, 0.05) is 11.1 Å². The van der Waals surface area contributed by atoms with E-state index in [1.807, 2.05) is 0 Å². The number of nitrogens with one attached hydrogen (secondary N) is 1. The van der Waals surface area contributed by atoms with Crippen molar-refractivity contribution in [2.75, 3.05) is 18.3 Å². The Kier molecular flexibility index (Phi) is 6.94. The first kappa shape index (κ1) is 23.8. The molecular formula is C20H24N4O6S2. The highest BCUT2D eigenvalue weighted by atomic mass is 32.2. The van der Waals surface area contributed by atoms with E-state index >= 15 is 0 Å². The van der Waals surface area contributed by atoms with Gasteiger partial charge in [0.2, 0.25) is 12.7 Å². The quantitative estimate of drug-likeness (QED) is 0.334. The SMILES string of the molecule is C=CC1=C(C(=O)OCOC(=O)C(C)(C)C)N2C(=O)C(NC(=O)Cc3csc(N)n3)[C@H]2SC1. The van der Waals surface area contributed by atoms with Crippen LogP contribution in [0.2, 0.25) is 0 Å². The van der Waals surface area contributed by atoms with Crippen LogP contribution in [0, 0.1) is 5.41 Å². The van der Waals surface area contributed by atoms with Gasteiger partial charge >= 0.3 is 11.9 Å². The Bertz CT molecular complexity index is 996. The summed E-state index contributed by atoms with van der Waals surface area (Å²) < 4.78 is 10.0. The maximum Gasteiger partial charge on any atom is 0.358 e. The fourth-order valence-corrected chi connectivity index (χ4v) is 4.91. The lowest BCUT2D eigenvalue weighted by molar-refractivity contribution is -0.173. The average molecular weight is 481 g/mol. The van der Waals surface area contributed by atoms with E-state index < -0.39 is 41.5 Å². The third kappa shape index (κ3) is 4.96. The number of nitrogens with zero attached hydrogens (tertiary/aromatic N) is 2. The molecule has 3 rings (SSSR count). The van der Waals surface area contributed by atoms with Crippen LogP contribution >= 0.6 is 23.1 Å². The second-order valence-electron chi connectivity index (χ2n) is 8.12. The van der Waals surface area contributed by atoms with Gasteiger partial charge in [-0.3, -0.25) is 19.3 Å². The molecule has 3 N–H and O–H groups in total. The van der Waals surface area contributed by atoms with E-state index in [-0.39, 0.29) is 18.0 Å². The van der Waals surface area contributed by atoms with E-state index in [9.17, 15) is 19.2 Å². The lowest BCUT2D eigenvalue weighted by atomic mass is 9.98. The predicted octanol–water partition coefficient (Wildman–Crippen LogP) is 1.20. The van der Waals surface area contributed by atoms with E-state index in [0.717, 1.165) is 0 Å². The van der Waals surface area contributed by atoms with Gasteiger partial charge in [-0.1, -0.05) is 12.7 Å². The number of carbonyl (C=O) groups is 4. The van der Waals surface area contributed by atoms with Crippen LogP contribution in [0.5, 0.6) is 0 Å². The lowest BCUT2D eigenvalue weighted by Gasteiger charge is -2.49. The smallest absolute Gasteiger partial charge is 0.358 e. The van der Waals surface area contributed by atoms with Gasteiger partial charge in [0.25, 0.3) is 5.91 Å². The molecule has 3 heterocycles. The van der Waals surface area contributed by atoms with Gasteiger partial charge in [-0.25, -0.2) is 9.78 Å². The van der Waals surface area contributed by atoms with Crippen molar-refractivity contribution in [3.8, 4) is 0 Å². The standard InChI is InChI=1S/C20H24N4O6S2/c1-5-10-7-31-16-13(23-12(25)6-11-8-32-19(21)22-11)15(26)24(16)14(10)17(27)29-9-30-18(28)20(2,3)4/h5,8,13,16H,1,6-7,9H2,2-4H3,(H2,21,22)(H,23,25)/t13?,16-/m1/s1. The molecule has 1 fully saturated rings. The topological polar surface area (TPSA) is 141 Å². The second-order valence-corrected chi connectivity index (χ2v) is 10.1. The van der Waals surface area contributed by atoms with Crippen LogP contribution < -0.4 is 11.1 Å². The number of β-lactam (4-membered cyclic amide) rings is 1. The Labute approximate surface area is 193 Å². The number of aromatic nitrogens is 1. The molecule has 2 aliphatic rings. The van der Waals surface area contributed by atoms with Crippen LogP contribution in [0.1, 0.15) is 26.5 Å². The number of amides is 2. The summed E-state index contributed by atoms with van der Waals surface area (Å²) >= 11 is 2.63. The zero-order chi connectivity index (χ0) is 23.6. The highest BCUT2D eigenvalue weighted by Crippen LogP contribution is 2.41. The van der Waals surface area contributed by atoms with E-state index in [1.54, 1.807) is 26.2 Å². The van der Waals surface area contributed by atoms with Crippen molar-refractivity contribution in [1.82, 2.24) is 15.2 Å². The molecule has 0 radical (unpaired) electrons. The zero-order valence-electron chi connectivity index (χ0n) is 17.9. The first-order valence-electron chi connectivity index (χ1n) is 9.66. The Morgan fingerprint density at radius 3 is 2.69 bits per heavy atom. The van der Waals surface area contributed by atoms with Gasteiger partial charge in [-0.05, 0) is 26.3 Å². The third-order valence-corrected chi connectivity index (χ3v) is 6.68. The summed E-state index contributed by atoms with van der Waals surface area (Å²) in [6.45, 7) is 8.15. The summed E-state index contributed by atoms with van der Waals surface area (Å²) in [4.78, 5) is 54.9. The number of nitrogen functional groups attached to an aromatic ring is 1. The van der Waals surface area contributed by atoms with Crippen molar-refractivity contribution < 1.29 is 28.7 Å². The van der Waals surface area contributed by atoms with Crippen LogP contribution in [0.25, 0.3) is 0 Å². The average Bonchev–Trinajstić information content (AvgIpc) is 3.14. The number of allylic oxidation sites excluding steroid dienone is 1. The molecule has 0 aromatic carbocycles. The van der Waals surface area contributed by atoms with Crippen molar-refractivity contribution in [2.24, 2.45) is 5.41 Å². The summed E-state index contributed by atoms with van der Waals surface area (Å²) in [6.07, 6.45) is 1.48. The minimum atomic E-state index is -0.803. The normalized spacial score (nSPS) is 20.2. The van der Waals surface area contributed by atoms with Crippen molar-refractivity contribution in [1.29, 1.82) is 0 Å². The summed E-state index contributed by atoms with van der Waals surface area (Å²) in [7, 11) is 0. The molecule has 2 amide bonds. The van der Waals surface area contributed by atoms with Crippen molar-refractivity contribution >= 4 is 52.0 Å². The van der Waals surface area contributed by atoms with E-state index in [0.29, 0.717) is 22.2 Å². The number of thiazole rings is 1. The van der Waals surface area contributed by atoms with Crippen LogP contribution in [0.3, 0.4) is 0 Å². The summed E-state index contributed by atoms with van der Waals surface area (Å²) in [5.74, 6) is -1.73. The molecule has 0 saturated carbocycles. The maximum absolute atomic E-state index is 12.8. The third-order valence-electron chi connectivity index (χ3n) is 4.66. The number of carbonyl (C=O) groups excluding carboxylic acids is 4. The Hall–Kier alpha value is -2.86. The zero-order valence-corrected chi connectivity index (χ0v) is 19.5. The summed E-state index contributed by atoms with van der Waals surface area (Å²) in [5, 5.41) is 4.27. The molecule has 1 unspecified atom stereocenters. The minimum absolute atomic E-state index is 0.00332. The maximum atomic E-state index is 12.8. The van der Waals surface area contributed by atoms with E-state index in [1.165, 1.54) is 34.1 Å². The first-order chi connectivity index (χ1) is 15.0. The van der Waals surface area contributed by atoms with Gasteiger partial charge in [-0.15, -0.1) is 23.1 Å². The number of esters is 2. The Morgan fingerprint density at radius 2 is 2.09 bits per heavy atom. The number of anilines is 1. The number of fused-ring (bicyclic) bond motifs is 1. The lowest BCUT2D eigenvalue weighted by Crippen LogP contribution is -2.70. The predicted molar refractivity (Wildman–Crippen MR) is 119 cm³/mol. The fraction of sp³-hybridized carbons (Fsp3) is 0.450. The Morgan fingerprint density at radius 1 is 1.38 bits per heavy atom. The number of hydrogen-bond acceptors (Lipinski definition) is 10. The van der Waals surface area contributed by atoms with Crippen LogP contribution in [-0.2, 0) is 35.1 Å². The molecule has 12 heteroatoms. The van der Waals surface area contributed by atoms with Crippen LogP contribution in [-0.4, -0.2) is 57.6 Å². The highest BCUT2D eigenvalue weighted by molar-refractivity contribution is 8.00. The number of nitrogens with two attached hydrogens (primary N) is 1. The monoisotopic (exact) mass is 480 g/mol. The highest BCUT2D eigenvalue weighted by Gasteiger charge is 2.54.